The van der Waals surface area contributed by atoms with Gasteiger partial charge in [-0.25, -0.2) is 0 Å². The molecule has 2 aromatic rings. The number of hydrogen-bond acceptors (Lipinski definition) is 2. The van der Waals surface area contributed by atoms with Gasteiger partial charge in [-0.2, -0.15) is 0 Å². The minimum atomic E-state index is -0.330. The largest absolute Gasteiger partial charge is 0.277 e. The van der Waals surface area contributed by atoms with E-state index in [0.717, 1.165) is 40.0 Å². The van der Waals surface area contributed by atoms with Gasteiger partial charge in [0.25, 0.3) is 5.69 Å². The van der Waals surface area contributed by atoms with E-state index in [9.17, 15) is 10.1 Å². The van der Waals surface area contributed by atoms with E-state index in [1.54, 1.807) is 24.3 Å². The maximum Gasteiger partial charge on any atom is 0.277 e. The molecule has 0 N–H and O–H groups in total. The third-order valence-corrected chi connectivity index (χ3v) is 4.16. The first kappa shape index (κ1) is 15.0. The van der Waals surface area contributed by atoms with Crippen molar-refractivity contribution < 1.29 is 4.92 Å². The van der Waals surface area contributed by atoms with Gasteiger partial charge in [-0.1, -0.05) is 49.6 Å². The molecule has 0 atom stereocenters. The molecule has 23 heavy (non-hydrogen) atoms. The van der Waals surface area contributed by atoms with Crippen molar-refractivity contribution in [2.45, 2.75) is 12.8 Å². The number of para-hydroxylation sites is 1. The minimum absolute atomic E-state index is 0.120. The van der Waals surface area contributed by atoms with Crippen molar-refractivity contribution in [3.05, 3.63) is 80.7 Å². The lowest BCUT2D eigenvalue weighted by Crippen LogP contribution is -2.29. The van der Waals surface area contributed by atoms with Crippen LogP contribution in [0.5, 0.6) is 0 Å². The molecule has 114 valence electrons. The highest BCUT2D eigenvalue weighted by Crippen LogP contribution is 2.34. The van der Waals surface area contributed by atoms with Gasteiger partial charge in [0.1, 0.15) is 0 Å². The molecule has 0 bridgehead atoms. The van der Waals surface area contributed by atoms with E-state index in [-0.39, 0.29) is 10.6 Å². The summed E-state index contributed by atoms with van der Waals surface area (Å²) in [4.78, 5) is 11.1. The van der Waals surface area contributed by atoms with Crippen LogP contribution >= 0.6 is 0 Å². The van der Waals surface area contributed by atoms with E-state index < -0.39 is 0 Å². The van der Waals surface area contributed by atoms with Gasteiger partial charge in [-0.3, -0.25) is 10.1 Å². The van der Waals surface area contributed by atoms with Crippen LogP contribution in [0.2, 0.25) is 0 Å². The number of benzene rings is 2. The molecule has 2 aromatic carbocycles. The first-order chi connectivity index (χ1) is 11.1. The molecule has 0 unspecified atom stereocenters. The maximum atomic E-state index is 11.4. The molecule has 0 aromatic heterocycles. The highest BCUT2D eigenvalue weighted by molar-refractivity contribution is 5.83. The molecule has 0 amide bonds. The summed E-state index contributed by atoms with van der Waals surface area (Å²) in [5, 5.41) is 13.3. The van der Waals surface area contributed by atoms with Gasteiger partial charge in [0.05, 0.1) is 10.5 Å². The Labute approximate surface area is 134 Å². The van der Waals surface area contributed by atoms with Crippen LogP contribution in [-0.4, -0.2) is 4.92 Å². The number of nitro groups is 1. The zero-order chi connectivity index (χ0) is 16.4. The number of nitro benzene ring substituents is 1. The maximum absolute atomic E-state index is 11.4. The Morgan fingerprint density at radius 3 is 2.74 bits per heavy atom. The van der Waals surface area contributed by atoms with E-state index in [4.69, 9.17) is 0 Å². The molecular formula is C20H17NO2. The monoisotopic (exact) mass is 303 g/mol. The highest BCUT2D eigenvalue weighted by Gasteiger charge is 2.19. The summed E-state index contributed by atoms with van der Waals surface area (Å²) < 4.78 is 0. The molecule has 0 spiro atoms. The summed E-state index contributed by atoms with van der Waals surface area (Å²) in [7, 11) is 0. The Bertz CT molecular complexity index is 939. The molecule has 3 rings (SSSR count). The predicted molar refractivity (Wildman–Crippen MR) is 95.3 cm³/mol. The van der Waals surface area contributed by atoms with Gasteiger partial charge >= 0.3 is 0 Å². The van der Waals surface area contributed by atoms with Crippen LogP contribution in [0, 0.1) is 10.1 Å². The Balaban J connectivity index is 2.42. The Hall–Kier alpha value is -2.94. The van der Waals surface area contributed by atoms with Gasteiger partial charge in [-0.05, 0) is 52.1 Å². The molecule has 1 aliphatic rings. The lowest BCUT2D eigenvalue weighted by molar-refractivity contribution is -0.384. The minimum Gasteiger partial charge on any atom is -0.258 e. The van der Waals surface area contributed by atoms with Crippen molar-refractivity contribution in [3.63, 3.8) is 0 Å². The van der Waals surface area contributed by atoms with Crippen LogP contribution < -0.4 is 10.4 Å². The summed E-state index contributed by atoms with van der Waals surface area (Å²) in [6.45, 7) is 7.95. The van der Waals surface area contributed by atoms with Crippen molar-refractivity contribution >= 4 is 24.4 Å². The van der Waals surface area contributed by atoms with Crippen LogP contribution in [0.3, 0.4) is 0 Å². The summed E-state index contributed by atoms with van der Waals surface area (Å²) in [5.41, 5.74) is 3.84. The van der Waals surface area contributed by atoms with Crippen molar-refractivity contribution in [2.24, 2.45) is 0 Å². The van der Waals surface area contributed by atoms with Crippen molar-refractivity contribution in [1.82, 2.24) is 0 Å². The molecule has 0 heterocycles. The molecule has 1 aliphatic carbocycles. The highest BCUT2D eigenvalue weighted by atomic mass is 16.6. The Morgan fingerprint density at radius 2 is 2.00 bits per heavy atom. The van der Waals surface area contributed by atoms with Crippen molar-refractivity contribution in [1.29, 1.82) is 0 Å². The Kier molecular flexibility index (Phi) is 3.94. The lowest BCUT2D eigenvalue weighted by Gasteiger charge is -2.17. The van der Waals surface area contributed by atoms with Crippen LogP contribution in [0.15, 0.2) is 49.1 Å². The molecule has 3 heteroatoms. The fourth-order valence-corrected chi connectivity index (χ4v) is 3.08. The molecule has 0 saturated carbocycles. The average molecular weight is 303 g/mol. The number of hydrogen-bond donors (Lipinski definition) is 0. The van der Waals surface area contributed by atoms with Crippen LogP contribution in [-0.2, 0) is 6.42 Å². The molecule has 0 saturated heterocycles. The third kappa shape index (κ3) is 2.61. The second kappa shape index (κ2) is 6.05. The molecular weight excluding hydrogens is 286 g/mol. The molecule has 3 nitrogen and oxygen atoms in total. The molecule has 0 aliphatic heterocycles. The van der Waals surface area contributed by atoms with E-state index in [1.807, 2.05) is 18.2 Å². The molecule has 0 radical (unpaired) electrons. The summed E-state index contributed by atoms with van der Waals surface area (Å²) in [5.74, 6) is 0. The van der Waals surface area contributed by atoms with Gasteiger partial charge < -0.3 is 0 Å². The standard InChI is InChI=1S/C20H17NO2/c1-3-8-15-13-19(17-10-5-4-9-16(17)14(15)2)18-11-6-7-12-20(18)21(22)23/h3,5-8,10-13H,1-2,4,9H2/b15-8-. The van der Waals surface area contributed by atoms with Gasteiger partial charge in [0.2, 0.25) is 0 Å². The van der Waals surface area contributed by atoms with Gasteiger partial charge in [0.15, 0.2) is 0 Å². The fraction of sp³-hybridized carbons (Fsp3) is 0.100. The second-order valence-corrected chi connectivity index (χ2v) is 5.50. The van der Waals surface area contributed by atoms with E-state index in [2.05, 4.69) is 25.3 Å². The summed E-state index contributed by atoms with van der Waals surface area (Å²) in [6, 6.07) is 8.84. The smallest absolute Gasteiger partial charge is 0.258 e. The fourth-order valence-electron chi connectivity index (χ4n) is 3.08. The third-order valence-electron chi connectivity index (χ3n) is 4.16. The number of fused-ring (bicyclic) bond motifs is 1. The average Bonchev–Trinajstić information content (AvgIpc) is 2.57. The number of nitrogens with zero attached hydrogens (tertiary/aromatic N) is 1. The summed E-state index contributed by atoms with van der Waals surface area (Å²) >= 11 is 0. The van der Waals surface area contributed by atoms with Crippen molar-refractivity contribution in [2.75, 3.05) is 0 Å². The zero-order valence-electron chi connectivity index (χ0n) is 12.8. The molecule has 0 fully saturated rings. The normalized spacial score (nSPS) is 13.7. The van der Waals surface area contributed by atoms with Gasteiger partial charge in [-0.15, -0.1) is 0 Å². The van der Waals surface area contributed by atoms with Crippen LogP contribution in [0.25, 0.3) is 29.9 Å². The first-order valence-corrected chi connectivity index (χ1v) is 7.51. The quantitative estimate of drug-likeness (QED) is 0.642. The van der Waals surface area contributed by atoms with Crippen molar-refractivity contribution in [3.8, 4) is 11.1 Å². The second-order valence-electron chi connectivity index (χ2n) is 5.50. The van der Waals surface area contributed by atoms with Crippen LogP contribution in [0.1, 0.15) is 17.5 Å². The summed E-state index contributed by atoms with van der Waals surface area (Å²) in [6.07, 6.45) is 9.65. The first-order valence-electron chi connectivity index (χ1n) is 7.51. The SMILES string of the molecule is C=C/C=c1/cc(-c2ccccc2[N+](=O)[O-])c2c(c1=C)CCC=C2. The van der Waals surface area contributed by atoms with E-state index in [1.165, 1.54) is 0 Å². The lowest BCUT2D eigenvalue weighted by atomic mass is 9.87. The number of allylic oxidation sites excluding steroid dienone is 2. The van der Waals surface area contributed by atoms with E-state index >= 15 is 0 Å². The number of rotatable bonds is 3. The predicted octanol–water partition coefficient (Wildman–Crippen LogP) is 3.60. The topological polar surface area (TPSA) is 43.1 Å². The van der Waals surface area contributed by atoms with Crippen LogP contribution in [0.4, 0.5) is 5.69 Å². The Morgan fingerprint density at radius 1 is 1.22 bits per heavy atom. The van der Waals surface area contributed by atoms with Gasteiger partial charge in [0, 0.05) is 6.07 Å². The van der Waals surface area contributed by atoms with E-state index in [0.29, 0.717) is 5.56 Å². The zero-order valence-corrected chi connectivity index (χ0v) is 12.8.